The number of para-hydroxylation sites is 1. The van der Waals surface area contributed by atoms with E-state index in [4.69, 9.17) is 4.74 Å². The zero-order valence-electron chi connectivity index (χ0n) is 22.7. The zero-order chi connectivity index (χ0) is 27.1. The molecular weight excluding hydrogens is 480 g/mol. The lowest BCUT2D eigenvalue weighted by Crippen LogP contribution is -2.27. The molecule has 0 aliphatic carbocycles. The Morgan fingerprint density at radius 1 is 1.00 bits per heavy atom. The van der Waals surface area contributed by atoms with E-state index in [9.17, 15) is 14.7 Å². The van der Waals surface area contributed by atoms with Gasteiger partial charge in [0.25, 0.3) is 5.91 Å². The third-order valence-electron chi connectivity index (χ3n) is 6.67. The summed E-state index contributed by atoms with van der Waals surface area (Å²) in [6, 6.07) is 12.7. The summed E-state index contributed by atoms with van der Waals surface area (Å²) in [6.45, 7) is 8.76. The van der Waals surface area contributed by atoms with Gasteiger partial charge in [0.05, 0.1) is 12.5 Å². The number of hydrogen-bond donors (Lipinski definition) is 5. The number of hydrogen-bond acceptors (Lipinski definition) is 6. The van der Waals surface area contributed by atoms with Crippen LogP contribution >= 0.6 is 0 Å². The molecule has 1 amide bonds. The van der Waals surface area contributed by atoms with E-state index in [1.165, 1.54) is 0 Å². The molecule has 0 radical (unpaired) electrons. The molecular formula is C30H40N4O4. The minimum absolute atomic E-state index is 0.117. The number of benzene rings is 2. The summed E-state index contributed by atoms with van der Waals surface area (Å²) in [5.74, 6) is -0.122. The Morgan fingerprint density at radius 3 is 2.50 bits per heavy atom. The van der Waals surface area contributed by atoms with Gasteiger partial charge in [0, 0.05) is 40.8 Å². The van der Waals surface area contributed by atoms with E-state index in [1.54, 1.807) is 18.2 Å². The predicted molar refractivity (Wildman–Crippen MR) is 149 cm³/mol. The highest BCUT2D eigenvalue weighted by molar-refractivity contribution is 6.01. The predicted octanol–water partition coefficient (Wildman–Crippen LogP) is 4.68. The Bertz CT molecular complexity index is 1260. The number of aromatic amines is 1. The van der Waals surface area contributed by atoms with Crippen LogP contribution < -0.4 is 16.0 Å². The molecule has 8 heteroatoms. The number of nitrogens with one attached hydrogen (secondary N) is 4. The van der Waals surface area contributed by atoms with Crippen molar-refractivity contribution in [3.63, 3.8) is 0 Å². The molecule has 38 heavy (non-hydrogen) atoms. The highest BCUT2D eigenvalue weighted by Gasteiger charge is 2.33. The molecule has 0 fully saturated rings. The van der Waals surface area contributed by atoms with Gasteiger partial charge in [0.15, 0.2) is 0 Å². The maximum absolute atomic E-state index is 12.6. The molecule has 1 aliphatic heterocycles. The average Bonchev–Trinajstić information content (AvgIpc) is 3.37. The third-order valence-corrected chi connectivity index (χ3v) is 6.67. The number of aromatic nitrogens is 1. The zero-order valence-corrected chi connectivity index (χ0v) is 22.7. The van der Waals surface area contributed by atoms with Crippen LogP contribution in [0.5, 0.6) is 5.75 Å². The Labute approximate surface area is 224 Å². The van der Waals surface area contributed by atoms with Crippen molar-refractivity contribution in [1.82, 2.24) is 20.9 Å². The fourth-order valence-corrected chi connectivity index (χ4v) is 4.97. The Hall–Kier alpha value is -3.36. The molecule has 0 spiro atoms. The van der Waals surface area contributed by atoms with Gasteiger partial charge < -0.3 is 30.8 Å². The van der Waals surface area contributed by atoms with Crippen molar-refractivity contribution in [3.05, 3.63) is 64.8 Å². The number of aromatic hydroxyl groups is 1. The molecule has 204 valence electrons. The number of carbonyl (C=O) groups is 2. The fraction of sp³-hybridized carbons (Fsp3) is 0.467. The molecule has 1 atom stereocenters. The summed E-state index contributed by atoms with van der Waals surface area (Å²) >= 11 is 0. The molecule has 2 heterocycles. The number of unbranched alkanes of at least 4 members (excludes halogenated alkanes) is 3. The Kier molecular flexibility index (Phi) is 9.07. The van der Waals surface area contributed by atoms with Crippen LogP contribution in [0.2, 0.25) is 0 Å². The van der Waals surface area contributed by atoms with E-state index in [0.29, 0.717) is 25.1 Å². The maximum atomic E-state index is 12.6. The topological polar surface area (TPSA) is 115 Å². The summed E-state index contributed by atoms with van der Waals surface area (Å²) < 4.78 is 5.31. The number of fused-ring (bicyclic) bond motifs is 2. The smallest absolute Gasteiger partial charge is 0.307 e. The summed E-state index contributed by atoms with van der Waals surface area (Å²) in [5.41, 5.74) is 4.10. The van der Waals surface area contributed by atoms with Crippen LogP contribution in [0.4, 0.5) is 0 Å². The molecule has 3 aromatic rings. The van der Waals surface area contributed by atoms with E-state index in [-0.39, 0.29) is 23.7 Å². The summed E-state index contributed by atoms with van der Waals surface area (Å²) in [4.78, 5) is 27.9. The molecule has 1 aromatic heterocycles. The highest BCUT2D eigenvalue weighted by atomic mass is 16.6. The van der Waals surface area contributed by atoms with Crippen molar-refractivity contribution in [1.29, 1.82) is 0 Å². The first-order valence-corrected chi connectivity index (χ1v) is 13.6. The van der Waals surface area contributed by atoms with Gasteiger partial charge in [-0.3, -0.25) is 9.59 Å². The van der Waals surface area contributed by atoms with Crippen molar-refractivity contribution in [2.75, 3.05) is 19.6 Å². The molecule has 5 N–H and O–H groups in total. The SMILES string of the molecule is CC(C)(C)OC(=O)CCNCCCCCCNCc1[nH]c2ccccc2c1C1NC(=O)c2ccc(O)cc21. The van der Waals surface area contributed by atoms with Crippen LogP contribution in [0.15, 0.2) is 42.5 Å². The van der Waals surface area contributed by atoms with Gasteiger partial charge in [-0.15, -0.1) is 0 Å². The summed E-state index contributed by atoms with van der Waals surface area (Å²) in [7, 11) is 0. The van der Waals surface area contributed by atoms with Crippen LogP contribution in [0.3, 0.4) is 0 Å². The number of ether oxygens (including phenoxy) is 1. The number of phenolic OH excluding ortho intramolecular Hbond substituents is 1. The van der Waals surface area contributed by atoms with Crippen molar-refractivity contribution in [3.8, 4) is 5.75 Å². The van der Waals surface area contributed by atoms with E-state index < -0.39 is 5.60 Å². The number of amides is 1. The lowest BCUT2D eigenvalue weighted by molar-refractivity contribution is -0.154. The molecule has 1 unspecified atom stereocenters. The fourth-order valence-electron chi connectivity index (χ4n) is 4.97. The van der Waals surface area contributed by atoms with Gasteiger partial charge in [0.1, 0.15) is 11.4 Å². The molecule has 0 saturated carbocycles. The molecule has 8 nitrogen and oxygen atoms in total. The van der Waals surface area contributed by atoms with Gasteiger partial charge >= 0.3 is 5.97 Å². The molecule has 4 rings (SSSR count). The van der Waals surface area contributed by atoms with Gasteiger partial charge in [-0.1, -0.05) is 31.0 Å². The minimum atomic E-state index is -0.428. The van der Waals surface area contributed by atoms with Crippen molar-refractivity contribution < 1.29 is 19.4 Å². The van der Waals surface area contributed by atoms with Gasteiger partial charge in [-0.25, -0.2) is 0 Å². The first kappa shape index (κ1) is 27.7. The van der Waals surface area contributed by atoms with Crippen molar-refractivity contribution >= 4 is 22.8 Å². The van der Waals surface area contributed by atoms with Crippen molar-refractivity contribution in [2.24, 2.45) is 0 Å². The summed E-state index contributed by atoms with van der Waals surface area (Å²) in [5, 5.41) is 21.1. The first-order chi connectivity index (χ1) is 18.2. The molecule has 1 aliphatic rings. The quantitative estimate of drug-likeness (QED) is 0.165. The number of H-pyrrole nitrogens is 1. The minimum Gasteiger partial charge on any atom is -0.508 e. The average molecular weight is 521 g/mol. The van der Waals surface area contributed by atoms with Crippen LogP contribution in [-0.4, -0.2) is 47.2 Å². The Balaban J connectivity index is 1.22. The largest absolute Gasteiger partial charge is 0.508 e. The number of phenols is 1. The van der Waals surface area contributed by atoms with Gasteiger partial charge in [0.2, 0.25) is 0 Å². The van der Waals surface area contributed by atoms with E-state index in [2.05, 4.69) is 27.0 Å². The first-order valence-electron chi connectivity index (χ1n) is 13.6. The standard InChI is InChI=1S/C30H40N4O4/c1-30(2,3)38-26(36)14-17-31-15-8-4-5-9-16-32-19-25-27(22-10-6-7-11-24(22)33-25)28-23-18-20(35)12-13-21(23)29(37)34-28/h6-7,10-13,18,28,31-33,35H,4-5,8-9,14-17,19H2,1-3H3,(H,34,37). The van der Waals surface area contributed by atoms with E-state index in [1.807, 2.05) is 39.0 Å². The highest BCUT2D eigenvalue weighted by Crippen LogP contribution is 2.38. The van der Waals surface area contributed by atoms with Crippen LogP contribution in [0.25, 0.3) is 10.9 Å². The Morgan fingerprint density at radius 2 is 1.74 bits per heavy atom. The van der Waals surface area contributed by atoms with Gasteiger partial charge in [-0.2, -0.15) is 0 Å². The third kappa shape index (κ3) is 7.14. The molecule has 0 saturated heterocycles. The number of esters is 1. The lowest BCUT2D eigenvalue weighted by atomic mass is 9.95. The van der Waals surface area contributed by atoms with Gasteiger partial charge in [-0.05, 0) is 76.5 Å². The summed E-state index contributed by atoms with van der Waals surface area (Å²) in [6.07, 6.45) is 4.81. The van der Waals surface area contributed by atoms with Crippen LogP contribution in [0, 0.1) is 0 Å². The van der Waals surface area contributed by atoms with Crippen molar-refractivity contribution in [2.45, 2.75) is 71.1 Å². The number of carbonyl (C=O) groups excluding carboxylic acids is 2. The second-order valence-electron chi connectivity index (χ2n) is 10.9. The maximum Gasteiger partial charge on any atom is 0.307 e. The normalized spacial score (nSPS) is 15.0. The second-order valence-corrected chi connectivity index (χ2v) is 10.9. The van der Waals surface area contributed by atoms with Crippen LogP contribution in [0.1, 0.15) is 86.1 Å². The second kappa shape index (κ2) is 12.5. The number of rotatable bonds is 13. The van der Waals surface area contributed by atoms with Crippen LogP contribution in [-0.2, 0) is 16.1 Å². The lowest BCUT2D eigenvalue weighted by Gasteiger charge is -2.19. The molecule has 2 aromatic carbocycles. The molecule has 0 bridgehead atoms. The van der Waals surface area contributed by atoms with E-state index >= 15 is 0 Å². The van der Waals surface area contributed by atoms with E-state index in [0.717, 1.165) is 66.5 Å². The monoisotopic (exact) mass is 520 g/mol.